The van der Waals surface area contributed by atoms with E-state index in [1.807, 2.05) is 73.3 Å². The summed E-state index contributed by atoms with van der Waals surface area (Å²) in [7, 11) is 3.85. The molecule has 1 N–H and O–H groups in total. The number of aliphatic hydroxyl groups is 1. The van der Waals surface area contributed by atoms with Gasteiger partial charge in [0, 0.05) is 12.1 Å². The number of aryl methyl sites for hydroxylation is 1. The van der Waals surface area contributed by atoms with Crippen molar-refractivity contribution < 1.29 is 14.6 Å². The van der Waals surface area contributed by atoms with E-state index in [4.69, 9.17) is 4.74 Å². The Balaban J connectivity index is 1.87. The van der Waals surface area contributed by atoms with Crippen LogP contribution in [0.15, 0.2) is 42.5 Å². The largest absolute Gasteiger partial charge is 0.491 e. The lowest BCUT2D eigenvalue weighted by Gasteiger charge is -2.30. The Morgan fingerprint density at radius 3 is 2.62 bits per heavy atom. The van der Waals surface area contributed by atoms with E-state index < -0.39 is 0 Å². The topological polar surface area (TPSA) is 53.0 Å². The molecule has 0 unspecified atom stereocenters. The fraction of sp³-hybridized carbons (Fsp3) is 0.381. The second-order valence-corrected chi connectivity index (χ2v) is 6.99. The fourth-order valence-electron chi connectivity index (χ4n) is 3.32. The van der Waals surface area contributed by atoms with Gasteiger partial charge in [-0.15, -0.1) is 0 Å². The molecule has 0 aromatic heterocycles. The number of carbonyl (C=O) groups excluding carboxylic acids is 1. The summed E-state index contributed by atoms with van der Waals surface area (Å²) < 4.78 is 5.80. The van der Waals surface area contributed by atoms with Gasteiger partial charge in [-0.2, -0.15) is 0 Å². The lowest BCUT2D eigenvalue weighted by molar-refractivity contribution is -0.137. The number of ether oxygens (including phenoxy) is 1. The van der Waals surface area contributed by atoms with Crippen LogP contribution >= 0.6 is 0 Å². The summed E-state index contributed by atoms with van der Waals surface area (Å²) in [5.41, 5.74) is 3.92. The van der Waals surface area contributed by atoms with Crippen molar-refractivity contribution in [2.45, 2.75) is 26.1 Å². The molecule has 26 heavy (non-hydrogen) atoms. The van der Waals surface area contributed by atoms with Crippen LogP contribution in [0, 0.1) is 6.92 Å². The first kappa shape index (κ1) is 18.4. The highest BCUT2D eigenvalue weighted by Gasteiger charge is 2.29. The van der Waals surface area contributed by atoms with Crippen LogP contribution in [0.2, 0.25) is 0 Å². The van der Waals surface area contributed by atoms with Gasteiger partial charge in [0.05, 0.1) is 13.2 Å². The summed E-state index contributed by atoms with van der Waals surface area (Å²) >= 11 is 0. The number of benzene rings is 2. The van der Waals surface area contributed by atoms with Crippen LogP contribution in [0.25, 0.3) is 0 Å². The van der Waals surface area contributed by atoms with Gasteiger partial charge in [-0.05, 0) is 44.3 Å². The van der Waals surface area contributed by atoms with Crippen LogP contribution in [-0.4, -0.2) is 48.1 Å². The van der Waals surface area contributed by atoms with Gasteiger partial charge in [-0.3, -0.25) is 9.69 Å². The van der Waals surface area contributed by atoms with Gasteiger partial charge >= 0.3 is 0 Å². The molecule has 1 heterocycles. The first-order valence-electron chi connectivity index (χ1n) is 8.87. The Morgan fingerprint density at radius 2 is 1.96 bits per heavy atom. The van der Waals surface area contributed by atoms with Crippen molar-refractivity contribution in [3.05, 3.63) is 64.7 Å². The number of amides is 1. The summed E-state index contributed by atoms with van der Waals surface area (Å²) in [6.45, 7) is 3.50. The van der Waals surface area contributed by atoms with Crippen LogP contribution in [0.5, 0.6) is 5.75 Å². The lowest BCUT2D eigenvalue weighted by atomic mass is 10.0. The first-order chi connectivity index (χ1) is 12.5. The molecule has 1 atom stereocenters. The van der Waals surface area contributed by atoms with Crippen LogP contribution in [0.4, 0.5) is 0 Å². The van der Waals surface area contributed by atoms with E-state index >= 15 is 0 Å². The average molecular weight is 354 g/mol. The molecule has 5 heteroatoms. The summed E-state index contributed by atoms with van der Waals surface area (Å²) in [4.78, 5) is 17.1. The minimum absolute atomic E-state index is 0.0229. The third kappa shape index (κ3) is 3.89. The summed E-state index contributed by atoms with van der Waals surface area (Å²) in [6, 6.07) is 13.4. The van der Waals surface area contributed by atoms with Gasteiger partial charge in [0.15, 0.2) is 0 Å². The molecule has 0 saturated heterocycles. The molecule has 138 valence electrons. The molecule has 1 amide bonds. The highest BCUT2D eigenvalue weighted by molar-refractivity contribution is 5.83. The number of carbonyl (C=O) groups is 1. The zero-order chi connectivity index (χ0) is 18.7. The van der Waals surface area contributed by atoms with Gasteiger partial charge in [-0.1, -0.05) is 35.9 Å². The Bertz CT molecular complexity index is 771. The number of nitrogens with zero attached hydrogens (tertiary/aromatic N) is 2. The maximum absolute atomic E-state index is 13.3. The first-order valence-corrected chi connectivity index (χ1v) is 8.87. The molecule has 5 nitrogen and oxygen atoms in total. The van der Waals surface area contributed by atoms with E-state index in [0.29, 0.717) is 19.7 Å². The summed E-state index contributed by atoms with van der Waals surface area (Å²) in [5, 5.41) is 9.39. The van der Waals surface area contributed by atoms with E-state index in [1.165, 1.54) is 5.56 Å². The predicted octanol–water partition coefficient (Wildman–Crippen LogP) is 2.51. The molecule has 0 aliphatic carbocycles. The van der Waals surface area contributed by atoms with E-state index in [-0.39, 0.29) is 18.6 Å². The Morgan fingerprint density at radius 1 is 1.23 bits per heavy atom. The zero-order valence-corrected chi connectivity index (χ0v) is 15.6. The molecular formula is C21H26N2O3. The third-order valence-electron chi connectivity index (χ3n) is 4.74. The second kappa shape index (κ2) is 7.89. The minimum atomic E-state index is -0.335. The lowest BCUT2D eigenvalue weighted by Crippen LogP contribution is -2.41. The Labute approximate surface area is 154 Å². The second-order valence-electron chi connectivity index (χ2n) is 6.99. The van der Waals surface area contributed by atoms with Crippen molar-refractivity contribution in [1.29, 1.82) is 0 Å². The molecule has 1 aliphatic rings. The number of rotatable bonds is 4. The Kier molecular flexibility index (Phi) is 5.59. The summed E-state index contributed by atoms with van der Waals surface area (Å²) in [5.74, 6) is 0.846. The minimum Gasteiger partial charge on any atom is -0.491 e. The quantitative estimate of drug-likeness (QED) is 0.917. The van der Waals surface area contributed by atoms with Crippen molar-refractivity contribution in [2.24, 2.45) is 0 Å². The molecule has 2 aromatic carbocycles. The van der Waals surface area contributed by atoms with Crippen molar-refractivity contribution in [1.82, 2.24) is 9.80 Å². The van der Waals surface area contributed by atoms with Crippen LogP contribution < -0.4 is 4.74 Å². The van der Waals surface area contributed by atoms with Gasteiger partial charge in [0.2, 0.25) is 5.91 Å². The van der Waals surface area contributed by atoms with Gasteiger partial charge < -0.3 is 14.7 Å². The van der Waals surface area contributed by atoms with Gasteiger partial charge in [0.1, 0.15) is 18.4 Å². The molecule has 0 fully saturated rings. The number of hydrogen-bond acceptors (Lipinski definition) is 4. The zero-order valence-electron chi connectivity index (χ0n) is 15.6. The number of aliphatic hydroxyl groups excluding tert-OH is 1. The van der Waals surface area contributed by atoms with E-state index in [0.717, 1.165) is 22.4 Å². The number of hydrogen-bond donors (Lipinski definition) is 1. The smallest absolute Gasteiger partial charge is 0.244 e. The molecule has 3 rings (SSSR count). The van der Waals surface area contributed by atoms with E-state index in [1.54, 1.807) is 0 Å². The SMILES string of the molecule is Cc1ccc([C@@H](C(=O)N2CCOc3ccc(CO)cc3C2)N(C)C)cc1. The van der Waals surface area contributed by atoms with Crippen molar-refractivity contribution in [3.8, 4) is 5.75 Å². The summed E-state index contributed by atoms with van der Waals surface area (Å²) in [6.07, 6.45) is 0. The normalized spacial score (nSPS) is 15.2. The number of fused-ring (bicyclic) bond motifs is 1. The highest BCUT2D eigenvalue weighted by Crippen LogP contribution is 2.28. The van der Waals surface area contributed by atoms with E-state index in [2.05, 4.69) is 0 Å². The van der Waals surface area contributed by atoms with Crippen molar-refractivity contribution in [2.75, 3.05) is 27.2 Å². The molecule has 1 aliphatic heterocycles. The molecule has 0 radical (unpaired) electrons. The maximum Gasteiger partial charge on any atom is 0.244 e. The van der Waals surface area contributed by atoms with Gasteiger partial charge in [0.25, 0.3) is 0 Å². The van der Waals surface area contributed by atoms with E-state index in [9.17, 15) is 9.90 Å². The van der Waals surface area contributed by atoms with Crippen molar-refractivity contribution >= 4 is 5.91 Å². The Hall–Kier alpha value is -2.37. The number of likely N-dealkylation sites (N-methyl/N-ethyl adjacent to an activating group) is 1. The molecule has 0 saturated carbocycles. The fourth-order valence-corrected chi connectivity index (χ4v) is 3.32. The monoisotopic (exact) mass is 354 g/mol. The standard InChI is InChI=1S/C21H26N2O3/c1-15-4-7-17(8-5-15)20(22(2)3)21(25)23-10-11-26-19-9-6-16(14-24)12-18(19)13-23/h4-9,12,20,24H,10-11,13-14H2,1-3H3/t20-/m0/s1. The van der Waals surface area contributed by atoms with Crippen molar-refractivity contribution in [3.63, 3.8) is 0 Å². The third-order valence-corrected chi connectivity index (χ3v) is 4.74. The predicted molar refractivity (Wildman–Crippen MR) is 101 cm³/mol. The molecule has 0 bridgehead atoms. The van der Waals surface area contributed by atoms with Crippen LogP contribution in [0.3, 0.4) is 0 Å². The molecule has 2 aromatic rings. The highest BCUT2D eigenvalue weighted by atomic mass is 16.5. The average Bonchev–Trinajstić information content (AvgIpc) is 2.84. The molecular weight excluding hydrogens is 328 g/mol. The van der Waals surface area contributed by atoms with Gasteiger partial charge in [-0.25, -0.2) is 0 Å². The van der Waals surface area contributed by atoms with Crippen LogP contribution in [-0.2, 0) is 17.9 Å². The molecule has 0 spiro atoms. The van der Waals surface area contributed by atoms with Crippen LogP contribution in [0.1, 0.15) is 28.3 Å². The maximum atomic E-state index is 13.3.